The van der Waals surface area contributed by atoms with Crippen molar-refractivity contribution in [3.8, 4) is 5.75 Å². The molecule has 94 valence electrons. The zero-order chi connectivity index (χ0) is 12.5. The third-order valence-corrected chi connectivity index (χ3v) is 3.01. The number of nitrogens with two attached hydrogens (primary N) is 1. The van der Waals surface area contributed by atoms with Crippen LogP contribution in [0.25, 0.3) is 0 Å². The molecule has 1 aliphatic rings. The van der Waals surface area contributed by atoms with Gasteiger partial charge in [0, 0.05) is 0 Å². The van der Waals surface area contributed by atoms with Gasteiger partial charge in [-0.25, -0.2) is 0 Å². The molecule has 1 saturated carbocycles. The molecule has 0 aromatic heterocycles. The fourth-order valence-corrected chi connectivity index (χ4v) is 1.88. The molecule has 0 saturated heterocycles. The van der Waals surface area contributed by atoms with Gasteiger partial charge in [0.15, 0.2) is 0 Å². The third kappa shape index (κ3) is 2.91. The van der Waals surface area contributed by atoms with Gasteiger partial charge < -0.3 is 10.5 Å². The Hall–Kier alpha value is -1.23. The molecule has 0 unspecified atom stereocenters. The van der Waals surface area contributed by atoms with Crippen molar-refractivity contribution in [1.82, 2.24) is 0 Å². The van der Waals surface area contributed by atoms with Gasteiger partial charge >= 0.3 is 6.18 Å². The SMILES string of the molecule is NCC1CC(Oc2ccc(C(F)(F)F)cc2)C1. The summed E-state index contributed by atoms with van der Waals surface area (Å²) in [6, 6.07) is 4.79. The number of ether oxygens (including phenoxy) is 1. The summed E-state index contributed by atoms with van der Waals surface area (Å²) in [4.78, 5) is 0. The van der Waals surface area contributed by atoms with Gasteiger partial charge in [0.2, 0.25) is 0 Å². The molecule has 0 spiro atoms. The average Bonchev–Trinajstić information content (AvgIpc) is 2.22. The summed E-state index contributed by atoms with van der Waals surface area (Å²) in [5.74, 6) is 0.980. The van der Waals surface area contributed by atoms with Crippen molar-refractivity contribution in [2.24, 2.45) is 11.7 Å². The Balaban J connectivity index is 1.91. The number of hydrogen-bond donors (Lipinski definition) is 1. The summed E-state index contributed by atoms with van der Waals surface area (Å²) in [5, 5.41) is 0. The zero-order valence-electron chi connectivity index (χ0n) is 9.20. The minimum atomic E-state index is -4.29. The van der Waals surface area contributed by atoms with E-state index in [1.165, 1.54) is 12.1 Å². The lowest BCUT2D eigenvalue weighted by Crippen LogP contribution is -2.37. The van der Waals surface area contributed by atoms with Gasteiger partial charge in [-0.2, -0.15) is 13.2 Å². The lowest BCUT2D eigenvalue weighted by molar-refractivity contribution is -0.137. The van der Waals surface area contributed by atoms with Gasteiger partial charge in [0.25, 0.3) is 0 Å². The van der Waals surface area contributed by atoms with Crippen LogP contribution in [-0.4, -0.2) is 12.6 Å². The van der Waals surface area contributed by atoms with Crippen LogP contribution in [0.2, 0.25) is 0 Å². The van der Waals surface area contributed by atoms with E-state index in [4.69, 9.17) is 10.5 Å². The quantitative estimate of drug-likeness (QED) is 0.888. The molecule has 0 bridgehead atoms. The first kappa shape index (κ1) is 12.2. The minimum Gasteiger partial charge on any atom is -0.490 e. The molecular weight excluding hydrogens is 231 g/mol. The van der Waals surface area contributed by atoms with Crippen LogP contribution in [0.15, 0.2) is 24.3 Å². The van der Waals surface area contributed by atoms with Crippen LogP contribution in [0.5, 0.6) is 5.75 Å². The van der Waals surface area contributed by atoms with Gasteiger partial charge in [-0.3, -0.25) is 0 Å². The largest absolute Gasteiger partial charge is 0.490 e. The van der Waals surface area contributed by atoms with Crippen molar-refractivity contribution in [2.45, 2.75) is 25.1 Å². The summed E-state index contributed by atoms with van der Waals surface area (Å²) in [6.45, 7) is 0.646. The summed E-state index contributed by atoms with van der Waals surface area (Å²) in [7, 11) is 0. The van der Waals surface area contributed by atoms with Crippen molar-refractivity contribution in [1.29, 1.82) is 0 Å². The van der Waals surface area contributed by atoms with E-state index < -0.39 is 11.7 Å². The second-order valence-electron chi connectivity index (χ2n) is 4.34. The van der Waals surface area contributed by atoms with E-state index in [1.54, 1.807) is 0 Å². The number of benzene rings is 1. The van der Waals surface area contributed by atoms with E-state index in [9.17, 15) is 13.2 Å². The average molecular weight is 245 g/mol. The van der Waals surface area contributed by atoms with Gasteiger partial charge in [0.05, 0.1) is 11.7 Å². The highest BCUT2D eigenvalue weighted by Gasteiger charge is 2.31. The number of alkyl halides is 3. The molecule has 1 aromatic rings. The topological polar surface area (TPSA) is 35.2 Å². The highest BCUT2D eigenvalue weighted by atomic mass is 19.4. The summed E-state index contributed by atoms with van der Waals surface area (Å²) in [6.07, 6.45) is -2.42. The Morgan fingerprint density at radius 1 is 1.18 bits per heavy atom. The second kappa shape index (κ2) is 4.56. The number of rotatable bonds is 3. The molecule has 0 heterocycles. The van der Waals surface area contributed by atoms with Crippen LogP contribution < -0.4 is 10.5 Å². The number of halogens is 3. The third-order valence-electron chi connectivity index (χ3n) is 3.01. The molecule has 0 radical (unpaired) electrons. The summed E-state index contributed by atoms with van der Waals surface area (Å²) in [5.41, 5.74) is 4.82. The molecule has 2 nitrogen and oxygen atoms in total. The highest BCUT2D eigenvalue weighted by Crippen LogP contribution is 2.33. The van der Waals surface area contributed by atoms with E-state index >= 15 is 0 Å². The Morgan fingerprint density at radius 3 is 2.24 bits per heavy atom. The van der Waals surface area contributed by atoms with Gasteiger partial charge in [0.1, 0.15) is 5.75 Å². The number of hydrogen-bond acceptors (Lipinski definition) is 2. The highest BCUT2D eigenvalue weighted by molar-refractivity contribution is 5.29. The Morgan fingerprint density at radius 2 is 1.76 bits per heavy atom. The van der Waals surface area contributed by atoms with Gasteiger partial charge in [-0.1, -0.05) is 0 Å². The maximum absolute atomic E-state index is 12.3. The van der Waals surface area contributed by atoms with Gasteiger partial charge in [-0.15, -0.1) is 0 Å². The van der Waals surface area contributed by atoms with Crippen LogP contribution in [0.3, 0.4) is 0 Å². The van der Waals surface area contributed by atoms with Crippen LogP contribution in [0, 0.1) is 5.92 Å². The molecule has 1 aliphatic carbocycles. The van der Waals surface area contributed by atoms with Crippen LogP contribution in [0.4, 0.5) is 13.2 Å². The van der Waals surface area contributed by atoms with Crippen LogP contribution >= 0.6 is 0 Å². The fraction of sp³-hybridized carbons (Fsp3) is 0.500. The molecule has 0 aliphatic heterocycles. The molecule has 2 rings (SSSR count). The van der Waals surface area contributed by atoms with E-state index in [0.29, 0.717) is 18.2 Å². The summed E-state index contributed by atoms with van der Waals surface area (Å²) < 4.78 is 42.4. The van der Waals surface area contributed by atoms with Gasteiger partial charge in [-0.05, 0) is 49.6 Å². The Kier molecular flexibility index (Phi) is 3.28. The molecule has 0 atom stereocenters. The predicted molar refractivity (Wildman–Crippen MR) is 57.6 cm³/mol. The molecule has 2 N–H and O–H groups in total. The van der Waals surface area contributed by atoms with Crippen molar-refractivity contribution in [3.05, 3.63) is 29.8 Å². The van der Waals surface area contributed by atoms with Crippen molar-refractivity contribution < 1.29 is 17.9 Å². The molecule has 0 amide bonds. The predicted octanol–water partition coefficient (Wildman–Crippen LogP) is 2.82. The first-order valence-corrected chi connectivity index (χ1v) is 5.53. The molecule has 1 fully saturated rings. The van der Waals surface area contributed by atoms with E-state index in [0.717, 1.165) is 25.0 Å². The van der Waals surface area contributed by atoms with E-state index in [-0.39, 0.29) is 6.10 Å². The molecule has 1 aromatic carbocycles. The van der Waals surface area contributed by atoms with Crippen LogP contribution in [0.1, 0.15) is 18.4 Å². The first-order valence-electron chi connectivity index (χ1n) is 5.53. The monoisotopic (exact) mass is 245 g/mol. The lowest BCUT2D eigenvalue weighted by Gasteiger charge is -2.34. The smallest absolute Gasteiger partial charge is 0.416 e. The first-order chi connectivity index (χ1) is 7.99. The molecule has 17 heavy (non-hydrogen) atoms. The second-order valence-corrected chi connectivity index (χ2v) is 4.34. The van der Waals surface area contributed by atoms with Crippen molar-refractivity contribution >= 4 is 0 Å². The fourth-order valence-electron chi connectivity index (χ4n) is 1.88. The van der Waals surface area contributed by atoms with E-state index in [1.807, 2.05) is 0 Å². The van der Waals surface area contributed by atoms with Crippen molar-refractivity contribution in [3.63, 3.8) is 0 Å². The maximum atomic E-state index is 12.3. The molecule has 5 heteroatoms. The standard InChI is InChI=1S/C12H14F3NO/c13-12(14,15)9-1-3-10(4-2-9)17-11-5-8(6-11)7-16/h1-4,8,11H,5-7,16H2. The maximum Gasteiger partial charge on any atom is 0.416 e. The minimum absolute atomic E-state index is 0.0975. The normalized spacial score (nSPS) is 24.2. The van der Waals surface area contributed by atoms with Crippen molar-refractivity contribution in [2.75, 3.05) is 6.54 Å². The Bertz CT molecular complexity index is 368. The Labute approximate surface area is 97.6 Å². The molecular formula is C12H14F3NO. The van der Waals surface area contributed by atoms with Crippen LogP contribution in [-0.2, 0) is 6.18 Å². The summed E-state index contributed by atoms with van der Waals surface area (Å²) >= 11 is 0. The zero-order valence-corrected chi connectivity index (χ0v) is 9.20. The van der Waals surface area contributed by atoms with E-state index in [2.05, 4.69) is 0 Å². The lowest BCUT2D eigenvalue weighted by atomic mass is 9.82.